The Hall–Kier alpha value is -2.54. The van der Waals surface area contributed by atoms with Gasteiger partial charge in [0.05, 0.1) is 5.56 Å². The molecule has 1 aromatic heterocycles. The van der Waals surface area contributed by atoms with Gasteiger partial charge >= 0.3 is 5.97 Å². The maximum absolute atomic E-state index is 13.2. The van der Waals surface area contributed by atoms with E-state index in [1.165, 1.54) is 29.5 Å². The summed E-state index contributed by atoms with van der Waals surface area (Å²) in [6.45, 7) is 3.12. The predicted octanol–water partition coefficient (Wildman–Crippen LogP) is 3.89. The lowest BCUT2D eigenvalue weighted by Gasteiger charge is -2.08. The lowest BCUT2D eigenvalue weighted by molar-refractivity contribution is -0.117. The van der Waals surface area contributed by atoms with Gasteiger partial charge in [-0.25, -0.2) is 9.18 Å². The van der Waals surface area contributed by atoms with Crippen molar-refractivity contribution >= 4 is 34.0 Å². The van der Waals surface area contributed by atoms with Crippen molar-refractivity contribution in [2.75, 3.05) is 11.9 Å². The van der Waals surface area contributed by atoms with Crippen LogP contribution in [0.15, 0.2) is 24.3 Å². The zero-order valence-corrected chi connectivity index (χ0v) is 15.2. The fraction of sp³-hybridized carbons (Fsp3) is 0.316. The van der Waals surface area contributed by atoms with E-state index in [-0.39, 0.29) is 23.0 Å². The van der Waals surface area contributed by atoms with Crippen molar-refractivity contribution < 1.29 is 23.5 Å². The molecule has 7 heteroatoms. The van der Waals surface area contributed by atoms with Gasteiger partial charge in [0.2, 0.25) is 5.91 Å². The number of Topliss-reactive ketones (excluding diaryl/α,β-unsaturated/α-hetero) is 1. The zero-order chi connectivity index (χ0) is 18.8. The number of halogens is 1. The summed E-state index contributed by atoms with van der Waals surface area (Å²) in [6.07, 6.45) is 1.72. The first-order valence-electron chi connectivity index (χ1n) is 8.23. The highest BCUT2D eigenvalue weighted by atomic mass is 32.1. The molecule has 1 aliphatic carbocycles. The minimum Gasteiger partial charge on any atom is -0.454 e. The molecule has 5 nitrogen and oxygen atoms in total. The third kappa shape index (κ3) is 3.99. The molecule has 0 spiro atoms. The van der Waals surface area contributed by atoms with Crippen molar-refractivity contribution in [2.24, 2.45) is 5.92 Å². The second-order valence-electron chi connectivity index (χ2n) is 6.26. The van der Waals surface area contributed by atoms with E-state index >= 15 is 0 Å². The Bertz CT molecular complexity index is 886. The molecule has 1 heterocycles. The van der Waals surface area contributed by atoms with Gasteiger partial charge in [0.1, 0.15) is 10.8 Å². The monoisotopic (exact) mass is 375 g/mol. The van der Waals surface area contributed by atoms with E-state index in [0.717, 1.165) is 23.8 Å². The maximum atomic E-state index is 13.2. The summed E-state index contributed by atoms with van der Waals surface area (Å²) >= 11 is 1.31. The van der Waals surface area contributed by atoms with Crippen molar-refractivity contribution in [1.29, 1.82) is 0 Å². The number of anilines is 1. The highest BCUT2D eigenvalue weighted by molar-refractivity contribution is 7.16. The second kappa shape index (κ2) is 7.37. The number of carbonyl (C=O) groups excluding carboxylic acids is 3. The predicted molar refractivity (Wildman–Crippen MR) is 96.2 cm³/mol. The molecule has 1 fully saturated rings. The molecule has 0 saturated heterocycles. The smallest absolute Gasteiger partial charge is 0.341 e. The number of carbonyl (C=O) groups is 3. The number of rotatable bonds is 6. The Morgan fingerprint density at radius 2 is 2.00 bits per heavy atom. The van der Waals surface area contributed by atoms with Crippen LogP contribution in [0.5, 0.6) is 0 Å². The topological polar surface area (TPSA) is 72.5 Å². The summed E-state index contributed by atoms with van der Waals surface area (Å²) in [7, 11) is 0. The van der Waals surface area contributed by atoms with Crippen LogP contribution in [0, 0.1) is 25.6 Å². The Morgan fingerprint density at radius 3 is 2.65 bits per heavy atom. The van der Waals surface area contributed by atoms with Crippen LogP contribution in [0.4, 0.5) is 9.39 Å². The van der Waals surface area contributed by atoms with Gasteiger partial charge in [-0.15, -0.1) is 11.3 Å². The fourth-order valence-electron chi connectivity index (χ4n) is 2.47. The Labute approximate surface area is 154 Å². The standard InChI is InChI=1S/C19H18FNO4S/c1-10-11(2)26-18(21-17(23)12-6-7-12)16(10)19(24)25-9-15(22)13-4-3-5-14(20)8-13/h3-5,8,12H,6-7,9H2,1-2H3,(H,21,23). The van der Waals surface area contributed by atoms with E-state index in [1.807, 2.05) is 6.92 Å². The van der Waals surface area contributed by atoms with Crippen LogP contribution in [0.25, 0.3) is 0 Å². The van der Waals surface area contributed by atoms with Crippen LogP contribution in [0.3, 0.4) is 0 Å². The first-order chi connectivity index (χ1) is 12.4. The molecule has 2 aromatic rings. The number of ketones is 1. The van der Waals surface area contributed by atoms with Crippen molar-refractivity contribution in [3.8, 4) is 0 Å². The summed E-state index contributed by atoms with van der Waals surface area (Å²) in [5, 5.41) is 3.23. The molecule has 1 N–H and O–H groups in total. The normalized spacial score (nSPS) is 13.3. The molecule has 0 atom stereocenters. The third-order valence-electron chi connectivity index (χ3n) is 4.26. The number of amides is 1. The highest BCUT2D eigenvalue weighted by Crippen LogP contribution is 2.36. The van der Waals surface area contributed by atoms with Crippen molar-refractivity contribution in [1.82, 2.24) is 0 Å². The summed E-state index contributed by atoms with van der Waals surface area (Å²) in [5.41, 5.74) is 1.12. The van der Waals surface area contributed by atoms with Crippen LogP contribution in [0.1, 0.15) is 44.0 Å². The average molecular weight is 375 g/mol. The number of hydrogen-bond acceptors (Lipinski definition) is 5. The molecule has 0 aliphatic heterocycles. The summed E-state index contributed by atoms with van der Waals surface area (Å²) in [5.74, 6) is -1.79. The van der Waals surface area contributed by atoms with E-state index in [0.29, 0.717) is 10.6 Å². The molecule has 26 heavy (non-hydrogen) atoms. The van der Waals surface area contributed by atoms with E-state index in [1.54, 1.807) is 6.92 Å². The van der Waals surface area contributed by atoms with Crippen LogP contribution < -0.4 is 5.32 Å². The molecule has 0 bridgehead atoms. The van der Waals surface area contributed by atoms with Crippen LogP contribution in [-0.2, 0) is 9.53 Å². The summed E-state index contributed by atoms with van der Waals surface area (Å²) < 4.78 is 18.3. The average Bonchev–Trinajstić information content (AvgIpc) is 3.40. The molecule has 1 aliphatic rings. The lowest BCUT2D eigenvalue weighted by atomic mass is 10.1. The fourth-order valence-corrected chi connectivity index (χ4v) is 3.52. The van der Waals surface area contributed by atoms with E-state index < -0.39 is 24.2 Å². The molecule has 0 radical (unpaired) electrons. The molecule has 1 aromatic carbocycles. The number of benzene rings is 1. The summed E-state index contributed by atoms with van der Waals surface area (Å²) in [6, 6.07) is 5.20. The van der Waals surface area contributed by atoms with Crippen molar-refractivity contribution in [3.63, 3.8) is 0 Å². The number of hydrogen-bond donors (Lipinski definition) is 1. The number of ether oxygens (including phenoxy) is 1. The van der Waals surface area contributed by atoms with Gasteiger partial charge < -0.3 is 10.1 Å². The molecular weight excluding hydrogens is 357 g/mol. The molecule has 1 amide bonds. The number of nitrogens with one attached hydrogen (secondary N) is 1. The Morgan fingerprint density at radius 1 is 1.27 bits per heavy atom. The van der Waals surface area contributed by atoms with Crippen molar-refractivity contribution in [3.05, 3.63) is 51.7 Å². The van der Waals surface area contributed by atoms with Gasteiger partial charge in [-0.1, -0.05) is 12.1 Å². The van der Waals surface area contributed by atoms with Gasteiger partial charge in [0.15, 0.2) is 12.4 Å². The van der Waals surface area contributed by atoms with E-state index in [4.69, 9.17) is 4.74 Å². The van der Waals surface area contributed by atoms with Gasteiger partial charge in [-0.3, -0.25) is 9.59 Å². The lowest BCUT2D eigenvalue weighted by Crippen LogP contribution is -2.18. The Balaban J connectivity index is 1.71. The summed E-state index contributed by atoms with van der Waals surface area (Å²) in [4.78, 5) is 37.4. The van der Waals surface area contributed by atoms with Gasteiger partial charge in [-0.2, -0.15) is 0 Å². The van der Waals surface area contributed by atoms with E-state index in [9.17, 15) is 18.8 Å². The highest BCUT2D eigenvalue weighted by Gasteiger charge is 2.31. The Kier molecular flexibility index (Phi) is 5.18. The quantitative estimate of drug-likeness (QED) is 0.614. The van der Waals surface area contributed by atoms with Gasteiger partial charge in [-0.05, 0) is 44.4 Å². The molecular formula is C19H18FNO4S. The number of thiophene rings is 1. The van der Waals surface area contributed by atoms with Crippen LogP contribution in [0.2, 0.25) is 0 Å². The molecule has 136 valence electrons. The number of aryl methyl sites for hydroxylation is 1. The van der Waals surface area contributed by atoms with Crippen LogP contribution >= 0.6 is 11.3 Å². The zero-order valence-electron chi connectivity index (χ0n) is 14.4. The van der Waals surface area contributed by atoms with Crippen LogP contribution in [-0.4, -0.2) is 24.3 Å². The molecule has 1 saturated carbocycles. The number of esters is 1. The molecule has 0 unspecified atom stereocenters. The van der Waals surface area contributed by atoms with E-state index in [2.05, 4.69) is 5.32 Å². The minimum atomic E-state index is -0.678. The molecule has 3 rings (SSSR count). The maximum Gasteiger partial charge on any atom is 0.341 e. The van der Waals surface area contributed by atoms with Gasteiger partial charge in [0, 0.05) is 16.4 Å². The first-order valence-corrected chi connectivity index (χ1v) is 9.05. The first kappa shape index (κ1) is 18.3. The van der Waals surface area contributed by atoms with Crippen molar-refractivity contribution in [2.45, 2.75) is 26.7 Å². The largest absolute Gasteiger partial charge is 0.454 e. The SMILES string of the molecule is Cc1sc(NC(=O)C2CC2)c(C(=O)OCC(=O)c2cccc(F)c2)c1C. The second-order valence-corrected chi connectivity index (χ2v) is 7.49. The van der Waals surface area contributed by atoms with Gasteiger partial charge in [0.25, 0.3) is 0 Å². The third-order valence-corrected chi connectivity index (χ3v) is 5.38. The minimum absolute atomic E-state index is 0.0103.